The molecule has 7 heteroatoms. The first-order valence-corrected chi connectivity index (χ1v) is 14.7. The molecule has 0 saturated carbocycles. The Kier molecular flexibility index (Phi) is 5.49. The first kappa shape index (κ1) is 24.6. The molecule has 208 valence electrons. The number of aromatic nitrogens is 6. The van der Waals surface area contributed by atoms with Gasteiger partial charge >= 0.3 is 0 Å². The van der Waals surface area contributed by atoms with Crippen LogP contribution in [-0.4, -0.2) is 35.5 Å². The van der Waals surface area contributed by atoms with Crippen LogP contribution in [-0.2, 0) is 0 Å². The normalized spacial score (nSPS) is 16.9. The van der Waals surface area contributed by atoms with Crippen LogP contribution in [0.2, 0.25) is 0 Å². The molecule has 44 heavy (non-hydrogen) atoms. The monoisotopic (exact) mass is 567 g/mol. The van der Waals surface area contributed by atoms with E-state index in [-0.39, 0.29) is 12.0 Å². The first-order chi connectivity index (χ1) is 21.8. The lowest BCUT2D eigenvalue weighted by molar-refractivity contribution is 0.737. The summed E-state index contributed by atoms with van der Waals surface area (Å²) in [6, 6.07) is 34.9. The van der Waals surface area contributed by atoms with Gasteiger partial charge < -0.3 is 4.90 Å². The molecule has 9 rings (SSSR count). The zero-order valence-electron chi connectivity index (χ0n) is 23.6. The number of nitrogens with zero attached hydrogens (tertiary/aromatic N) is 7. The molecule has 0 N–H and O–H groups in total. The second-order valence-corrected chi connectivity index (χ2v) is 11.0. The van der Waals surface area contributed by atoms with Crippen molar-refractivity contribution in [3.63, 3.8) is 0 Å². The van der Waals surface area contributed by atoms with E-state index in [2.05, 4.69) is 64.1 Å². The van der Waals surface area contributed by atoms with E-state index in [1.807, 2.05) is 85.2 Å². The summed E-state index contributed by atoms with van der Waals surface area (Å²) in [7, 11) is 0. The predicted octanol–water partition coefficient (Wildman–Crippen LogP) is 7.82. The first-order valence-electron chi connectivity index (χ1n) is 14.7. The molecule has 0 radical (unpaired) electrons. The molecule has 6 aromatic heterocycles. The van der Waals surface area contributed by atoms with Crippen LogP contribution in [0.3, 0.4) is 0 Å². The van der Waals surface area contributed by atoms with E-state index in [1.54, 1.807) is 0 Å². The smallest absolute Gasteiger partial charge is 0.146 e. The van der Waals surface area contributed by atoms with Gasteiger partial charge in [0.15, 0.2) is 0 Å². The van der Waals surface area contributed by atoms with Crippen LogP contribution < -0.4 is 4.90 Å². The molecule has 2 aliphatic rings. The number of allylic oxidation sites excluding steroid dienone is 2. The maximum Gasteiger partial charge on any atom is 0.146 e. The molecule has 7 aromatic rings. The predicted molar refractivity (Wildman–Crippen MR) is 174 cm³/mol. The van der Waals surface area contributed by atoms with Gasteiger partial charge in [0.05, 0.1) is 34.3 Å². The average Bonchev–Trinajstić information content (AvgIpc) is 3.62. The number of pyridine rings is 5. The standard InChI is InChI=1S/C37H25N7/c1-3-18-32-24(10-1)26-12-8-22-38-36(26)43(32)34-20-6-16-30(41-34)28-14-5-15-29(40-28)31-17-7-21-35(42-31)44-33-19-4-2-11-25(33)27-13-9-23-39-37(27)44/h1-24,32H. The van der Waals surface area contributed by atoms with Crippen molar-refractivity contribution < 1.29 is 0 Å². The molecule has 1 aromatic carbocycles. The van der Waals surface area contributed by atoms with Gasteiger partial charge in [-0.25, -0.2) is 24.9 Å². The Morgan fingerprint density at radius 2 is 1.18 bits per heavy atom. The topological polar surface area (TPSA) is 72.6 Å². The summed E-state index contributed by atoms with van der Waals surface area (Å²) in [6.45, 7) is 0. The third kappa shape index (κ3) is 3.79. The van der Waals surface area contributed by atoms with Gasteiger partial charge in [0.1, 0.15) is 23.1 Å². The fraction of sp³-hybridized carbons (Fsp3) is 0.0541. The SMILES string of the molecule is C1=CC2c3cccnc3N(c3cccc(-c4cccc(-c5cccc(-n6c7ccccc7c7cccnc76)n5)n4)n3)C2C=C1. The van der Waals surface area contributed by atoms with Gasteiger partial charge in [0.2, 0.25) is 0 Å². The van der Waals surface area contributed by atoms with Crippen molar-refractivity contribution in [2.45, 2.75) is 12.0 Å². The molecular formula is C37H25N7. The minimum Gasteiger partial charge on any atom is -0.303 e. The number of fused-ring (bicyclic) bond motifs is 6. The lowest BCUT2D eigenvalue weighted by atomic mass is 9.92. The molecule has 2 unspecified atom stereocenters. The van der Waals surface area contributed by atoms with Gasteiger partial charge in [-0.05, 0) is 60.7 Å². The van der Waals surface area contributed by atoms with E-state index >= 15 is 0 Å². The van der Waals surface area contributed by atoms with Crippen LogP contribution in [0.1, 0.15) is 11.5 Å². The summed E-state index contributed by atoms with van der Waals surface area (Å²) in [4.78, 5) is 26.9. The molecule has 7 heterocycles. The second kappa shape index (κ2) is 9.81. The van der Waals surface area contributed by atoms with E-state index in [1.165, 1.54) is 5.56 Å². The highest BCUT2D eigenvalue weighted by Gasteiger charge is 2.38. The highest BCUT2D eigenvalue weighted by molar-refractivity contribution is 6.07. The molecule has 0 fully saturated rings. The number of benzene rings is 1. The zero-order valence-corrected chi connectivity index (χ0v) is 23.6. The maximum atomic E-state index is 5.11. The van der Waals surface area contributed by atoms with E-state index < -0.39 is 0 Å². The molecule has 7 nitrogen and oxygen atoms in total. The Hall–Kier alpha value is -5.95. The molecule has 0 bridgehead atoms. The molecule has 0 spiro atoms. The van der Waals surface area contributed by atoms with Gasteiger partial charge in [-0.2, -0.15) is 0 Å². The van der Waals surface area contributed by atoms with Crippen molar-refractivity contribution in [2.24, 2.45) is 0 Å². The van der Waals surface area contributed by atoms with E-state index in [4.69, 9.17) is 24.9 Å². The van der Waals surface area contributed by atoms with Crippen LogP contribution in [0, 0.1) is 0 Å². The lowest BCUT2D eigenvalue weighted by Crippen LogP contribution is -2.29. The summed E-state index contributed by atoms with van der Waals surface area (Å²) in [5.74, 6) is 2.84. The van der Waals surface area contributed by atoms with Gasteiger partial charge in [0.25, 0.3) is 0 Å². The quantitative estimate of drug-likeness (QED) is 0.216. The van der Waals surface area contributed by atoms with Crippen LogP contribution in [0.15, 0.2) is 140 Å². The third-order valence-corrected chi connectivity index (χ3v) is 8.46. The fourth-order valence-corrected chi connectivity index (χ4v) is 6.54. The van der Waals surface area contributed by atoms with Gasteiger partial charge in [-0.15, -0.1) is 0 Å². The van der Waals surface area contributed by atoms with Crippen LogP contribution >= 0.6 is 0 Å². The van der Waals surface area contributed by atoms with Crippen LogP contribution in [0.4, 0.5) is 11.6 Å². The fourth-order valence-electron chi connectivity index (χ4n) is 6.54. The summed E-state index contributed by atoms with van der Waals surface area (Å²) in [6.07, 6.45) is 12.4. The maximum absolute atomic E-state index is 5.11. The number of anilines is 2. The largest absolute Gasteiger partial charge is 0.303 e. The van der Waals surface area contributed by atoms with Crippen molar-refractivity contribution in [2.75, 3.05) is 4.90 Å². The average molecular weight is 568 g/mol. The molecular weight excluding hydrogens is 542 g/mol. The Balaban J connectivity index is 1.11. The Morgan fingerprint density at radius 1 is 0.523 bits per heavy atom. The number of rotatable bonds is 4. The molecule has 1 aliphatic carbocycles. The number of para-hydroxylation sites is 1. The minimum absolute atomic E-state index is 0.134. The highest BCUT2D eigenvalue weighted by Crippen LogP contribution is 2.46. The van der Waals surface area contributed by atoms with Crippen molar-refractivity contribution in [1.29, 1.82) is 0 Å². The summed E-state index contributed by atoms with van der Waals surface area (Å²) >= 11 is 0. The van der Waals surface area contributed by atoms with E-state index in [0.717, 1.165) is 62.2 Å². The van der Waals surface area contributed by atoms with Gasteiger partial charge in [-0.3, -0.25) is 4.57 Å². The lowest BCUT2D eigenvalue weighted by Gasteiger charge is -2.27. The van der Waals surface area contributed by atoms with Crippen molar-refractivity contribution in [3.05, 3.63) is 145 Å². The molecule has 0 saturated heterocycles. The second-order valence-electron chi connectivity index (χ2n) is 11.0. The Morgan fingerprint density at radius 3 is 2.05 bits per heavy atom. The molecule has 0 amide bonds. The summed E-state index contributed by atoms with van der Waals surface area (Å²) in [5, 5.41) is 2.25. The zero-order chi connectivity index (χ0) is 29.0. The van der Waals surface area contributed by atoms with E-state index in [9.17, 15) is 0 Å². The Labute approximate surface area is 253 Å². The number of hydrogen-bond acceptors (Lipinski definition) is 6. The summed E-state index contributed by atoms with van der Waals surface area (Å²) < 4.78 is 2.12. The van der Waals surface area contributed by atoms with Crippen molar-refractivity contribution in [3.8, 4) is 28.6 Å². The molecule has 1 aliphatic heterocycles. The van der Waals surface area contributed by atoms with Crippen LogP contribution in [0.25, 0.3) is 50.5 Å². The Bertz CT molecular complexity index is 2230. The van der Waals surface area contributed by atoms with E-state index in [0.29, 0.717) is 0 Å². The minimum atomic E-state index is 0.134. The third-order valence-electron chi connectivity index (χ3n) is 8.46. The number of hydrogen-bond donors (Lipinski definition) is 0. The van der Waals surface area contributed by atoms with Crippen LogP contribution in [0.5, 0.6) is 0 Å². The molecule has 2 atom stereocenters. The summed E-state index contributed by atoms with van der Waals surface area (Å²) in [5.41, 5.74) is 6.30. The van der Waals surface area contributed by atoms with Gasteiger partial charge in [-0.1, -0.05) is 66.8 Å². The highest BCUT2D eigenvalue weighted by atomic mass is 15.3. The van der Waals surface area contributed by atoms with Crippen molar-refractivity contribution in [1.82, 2.24) is 29.5 Å². The van der Waals surface area contributed by atoms with Crippen molar-refractivity contribution >= 4 is 33.6 Å². The van der Waals surface area contributed by atoms with Gasteiger partial charge in [0, 0.05) is 34.6 Å².